The smallest absolute Gasteiger partial charge is 0.0967 e. The van der Waals surface area contributed by atoms with Crippen LogP contribution in [0.5, 0.6) is 0 Å². The second kappa shape index (κ2) is 6.75. The Hall–Kier alpha value is -0.730. The molecule has 0 heterocycles. The molecule has 0 N–H and O–H groups in total. The number of hydrogen-bond donors (Lipinski definition) is 0. The highest BCUT2D eigenvalue weighted by Gasteiger charge is 1.90. The molecular formula is C11H14OS. The molecule has 0 aliphatic carbocycles. The van der Waals surface area contributed by atoms with Crippen LogP contribution in [0.15, 0.2) is 47.9 Å². The molecule has 70 valence electrons. The Morgan fingerprint density at radius 1 is 1.31 bits per heavy atom. The van der Waals surface area contributed by atoms with Gasteiger partial charge in [0.25, 0.3) is 0 Å². The number of rotatable bonds is 6. The van der Waals surface area contributed by atoms with Crippen LogP contribution in [0.3, 0.4) is 0 Å². The van der Waals surface area contributed by atoms with E-state index >= 15 is 0 Å². The third-order valence-electron chi connectivity index (χ3n) is 1.52. The first kappa shape index (κ1) is 10.4. The minimum atomic E-state index is 0.720. The average molecular weight is 194 g/mol. The van der Waals surface area contributed by atoms with Gasteiger partial charge in [0.2, 0.25) is 0 Å². The molecule has 0 spiro atoms. The summed E-state index contributed by atoms with van der Waals surface area (Å²) in [5, 5.41) is 0. The van der Waals surface area contributed by atoms with Gasteiger partial charge in [0.1, 0.15) is 0 Å². The Balaban J connectivity index is 2.10. The predicted octanol–water partition coefficient (Wildman–Crippen LogP) is 3.33. The maximum absolute atomic E-state index is 5.37. The Bertz CT molecular complexity index is 233. The predicted molar refractivity (Wildman–Crippen MR) is 57.9 cm³/mol. The summed E-state index contributed by atoms with van der Waals surface area (Å²) in [7, 11) is 0. The zero-order valence-corrected chi connectivity index (χ0v) is 8.43. The van der Waals surface area contributed by atoms with E-state index in [0.717, 1.165) is 19.0 Å². The molecule has 13 heavy (non-hydrogen) atoms. The van der Waals surface area contributed by atoms with Crippen LogP contribution in [0.4, 0.5) is 0 Å². The van der Waals surface area contributed by atoms with Crippen molar-refractivity contribution in [3.63, 3.8) is 0 Å². The van der Waals surface area contributed by atoms with Crippen LogP contribution in [0.1, 0.15) is 6.42 Å². The van der Waals surface area contributed by atoms with Crippen LogP contribution in [0.25, 0.3) is 0 Å². The summed E-state index contributed by atoms with van der Waals surface area (Å²) in [5.74, 6) is 0.720. The van der Waals surface area contributed by atoms with E-state index in [1.807, 2.05) is 24.3 Å². The van der Waals surface area contributed by atoms with E-state index in [1.165, 1.54) is 4.90 Å². The van der Waals surface area contributed by atoms with E-state index in [4.69, 9.17) is 4.74 Å². The zero-order chi connectivity index (χ0) is 9.36. The second-order valence-corrected chi connectivity index (χ2v) is 3.56. The number of hydrogen-bond acceptors (Lipinski definition) is 2. The first-order valence-corrected chi connectivity index (χ1v) is 5.28. The standard InChI is InChI=1S/C11H14OS/c1-2-3-9-12-10-13-11-7-5-4-6-8-11/h2,4-8H,1,3,9-10H2. The highest BCUT2D eigenvalue weighted by Crippen LogP contribution is 2.16. The maximum Gasteiger partial charge on any atom is 0.0967 e. The third-order valence-corrected chi connectivity index (χ3v) is 2.41. The molecule has 0 amide bonds. The van der Waals surface area contributed by atoms with Crippen LogP contribution in [-0.4, -0.2) is 12.5 Å². The highest BCUT2D eigenvalue weighted by atomic mass is 32.2. The fourth-order valence-corrected chi connectivity index (χ4v) is 1.54. The van der Waals surface area contributed by atoms with Crippen molar-refractivity contribution in [2.75, 3.05) is 12.5 Å². The van der Waals surface area contributed by atoms with Crippen LogP contribution >= 0.6 is 11.8 Å². The lowest BCUT2D eigenvalue weighted by Crippen LogP contribution is -1.91. The lowest BCUT2D eigenvalue weighted by molar-refractivity contribution is 0.188. The number of thioether (sulfide) groups is 1. The van der Waals surface area contributed by atoms with Crippen molar-refractivity contribution >= 4 is 11.8 Å². The van der Waals surface area contributed by atoms with Crippen molar-refractivity contribution in [2.45, 2.75) is 11.3 Å². The summed E-state index contributed by atoms with van der Waals surface area (Å²) in [6.07, 6.45) is 2.79. The van der Waals surface area contributed by atoms with Crippen LogP contribution in [0, 0.1) is 0 Å². The van der Waals surface area contributed by atoms with E-state index in [1.54, 1.807) is 11.8 Å². The van der Waals surface area contributed by atoms with E-state index < -0.39 is 0 Å². The molecular weight excluding hydrogens is 180 g/mol. The maximum atomic E-state index is 5.37. The minimum Gasteiger partial charge on any atom is -0.370 e. The van der Waals surface area contributed by atoms with E-state index in [2.05, 4.69) is 18.7 Å². The van der Waals surface area contributed by atoms with Crippen LogP contribution < -0.4 is 0 Å². The summed E-state index contributed by atoms with van der Waals surface area (Å²) < 4.78 is 5.37. The molecule has 0 aliphatic rings. The van der Waals surface area contributed by atoms with E-state index in [9.17, 15) is 0 Å². The lowest BCUT2D eigenvalue weighted by atomic mass is 10.4. The topological polar surface area (TPSA) is 9.23 Å². The molecule has 1 nitrogen and oxygen atoms in total. The molecule has 0 aliphatic heterocycles. The molecule has 1 rings (SSSR count). The van der Waals surface area contributed by atoms with Gasteiger partial charge in [-0.15, -0.1) is 6.58 Å². The van der Waals surface area contributed by atoms with Crippen molar-refractivity contribution in [3.8, 4) is 0 Å². The molecule has 0 aromatic heterocycles. The Morgan fingerprint density at radius 2 is 2.08 bits per heavy atom. The van der Waals surface area contributed by atoms with Crippen molar-refractivity contribution in [3.05, 3.63) is 43.0 Å². The minimum absolute atomic E-state index is 0.720. The molecule has 1 aromatic rings. The molecule has 0 radical (unpaired) electrons. The van der Waals surface area contributed by atoms with Gasteiger partial charge in [0, 0.05) is 4.90 Å². The first-order chi connectivity index (χ1) is 6.43. The Kier molecular flexibility index (Phi) is 5.38. The number of benzene rings is 1. The van der Waals surface area contributed by atoms with Gasteiger partial charge in [0.05, 0.1) is 12.5 Å². The van der Waals surface area contributed by atoms with Crippen molar-refractivity contribution in [1.29, 1.82) is 0 Å². The normalized spacial score (nSPS) is 9.85. The number of ether oxygens (including phenoxy) is 1. The summed E-state index contributed by atoms with van der Waals surface area (Å²) in [5.41, 5.74) is 0. The van der Waals surface area contributed by atoms with Gasteiger partial charge in [-0.05, 0) is 18.6 Å². The fourth-order valence-electron chi connectivity index (χ4n) is 0.852. The lowest BCUT2D eigenvalue weighted by Gasteiger charge is -2.01. The van der Waals surface area contributed by atoms with Crippen LogP contribution in [0.2, 0.25) is 0 Å². The van der Waals surface area contributed by atoms with Gasteiger partial charge in [0.15, 0.2) is 0 Å². The van der Waals surface area contributed by atoms with Gasteiger partial charge in [-0.3, -0.25) is 0 Å². The molecule has 0 fully saturated rings. The van der Waals surface area contributed by atoms with Gasteiger partial charge in [-0.1, -0.05) is 36.0 Å². The molecule has 0 saturated heterocycles. The Labute approximate surface area is 83.8 Å². The Morgan fingerprint density at radius 3 is 2.77 bits per heavy atom. The van der Waals surface area contributed by atoms with E-state index in [0.29, 0.717) is 0 Å². The summed E-state index contributed by atoms with van der Waals surface area (Å²) in [6.45, 7) is 4.40. The zero-order valence-electron chi connectivity index (χ0n) is 7.61. The SMILES string of the molecule is C=CCCOCSc1ccccc1. The van der Waals surface area contributed by atoms with E-state index in [-0.39, 0.29) is 0 Å². The van der Waals surface area contributed by atoms with Gasteiger partial charge < -0.3 is 4.74 Å². The summed E-state index contributed by atoms with van der Waals surface area (Å²) in [4.78, 5) is 1.25. The van der Waals surface area contributed by atoms with Crippen LogP contribution in [-0.2, 0) is 4.74 Å². The molecule has 0 atom stereocenters. The van der Waals surface area contributed by atoms with Gasteiger partial charge in [-0.2, -0.15) is 0 Å². The first-order valence-electron chi connectivity index (χ1n) is 4.30. The fraction of sp³-hybridized carbons (Fsp3) is 0.273. The largest absolute Gasteiger partial charge is 0.370 e. The van der Waals surface area contributed by atoms with Gasteiger partial charge >= 0.3 is 0 Å². The summed E-state index contributed by atoms with van der Waals surface area (Å²) >= 11 is 1.71. The highest BCUT2D eigenvalue weighted by molar-refractivity contribution is 7.99. The summed E-state index contributed by atoms with van der Waals surface area (Å²) in [6, 6.07) is 10.3. The van der Waals surface area contributed by atoms with Crippen molar-refractivity contribution < 1.29 is 4.74 Å². The molecule has 2 heteroatoms. The molecule has 0 unspecified atom stereocenters. The third kappa shape index (κ3) is 4.76. The molecule has 0 saturated carbocycles. The van der Waals surface area contributed by atoms with Crippen molar-refractivity contribution in [1.82, 2.24) is 0 Å². The quantitative estimate of drug-likeness (QED) is 0.297. The second-order valence-electron chi connectivity index (χ2n) is 2.56. The molecule has 1 aromatic carbocycles. The monoisotopic (exact) mass is 194 g/mol. The van der Waals surface area contributed by atoms with Crippen molar-refractivity contribution in [2.24, 2.45) is 0 Å². The average Bonchev–Trinajstić information content (AvgIpc) is 2.19. The molecule has 0 bridgehead atoms. The van der Waals surface area contributed by atoms with Gasteiger partial charge in [-0.25, -0.2) is 0 Å².